The smallest absolute Gasteiger partial charge is 0.00939 e. The van der Waals surface area contributed by atoms with E-state index in [1.807, 2.05) is 0 Å². The molecule has 90 valence electrons. The summed E-state index contributed by atoms with van der Waals surface area (Å²) in [5, 5.41) is 3.58. The van der Waals surface area contributed by atoms with Crippen LogP contribution in [0.3, 0.4) is 0 Å². The SMILES string of the molecule is CCCC(C)N1CCC(NCC)CC1C. The third kappa shape index (κ3) is 3.76. The number of likely N-dealkylation sites (tertiary alicyclic amines) is 1. The maximum atomic E-state index is 3.58. The minimum absolute atomic E-state index is 0.754. The lowest BCUT2D eigenvalue weighted by molar-refractivity contribution is 0.0914. The highest BCUT2D eigenvalue weighted by Crippen LogP contribution is 2.21. The largest absolute Gasteiger partial charge is 0.314 e. The van der Waals surface area contributed by atoms with E-state index in [1.54, 1.807) is 0 Å². The van der Waals surface area contributed by atoms with Crippen LogP contribution in [0.1, 0.15) is 53.4 Å². The fourth-order valence-electron chi connectivity index (χ4n) is 2.90. The van der Waals surface area contributed by atoms with Gasteiger partial charge in [-0.25, -0.2) is 0 Å². The summed E-state index contributed by atoms with van der Waals surface area (Å²) in [5.41, 5.74) is 0. The number of rotatable bonds is 5. The molecule has 1 heterocycles. The number of hydrogen-bond acceptors (Lipinski definition) is 2. The van der Waals surface area contributed by atoms with Crippen LogP contribution in [0.2, 0.25) is 0 Å². The Morgan fingerprint density at radius 2 is 2.13 bits per heavy atom. The molecular weight excluding hydrogens is 184 g/mol. The van der Waals surface area contributed by atoms with Gasteiger partial charge in [0, 0.05) is 24.7 Å². The highest BCUT2D eigenvalue weighted by molar-refractivity contribution is 4.85. The first-order valence-electron chi connectivity index (χ1n) is 6.68. The van der Waals surface area contributed by atoms with Crippen LogP contribution in [-0.2, 0) is 0 Å². The number of nitrogens with zero attached hydrogens (tertiary/aromatic N) is 1. The maximum absolute atomic E-state index is 3.58. The third-order valence-electron chi connectivity index (χ3n) is 3.69. The molecule has 0 aromatic carbocycles. The molecule has 3 unspecified atom stereocenters. The highest BCUT2D eigenvalue weighted by atomic mass is 15.2. The van der Waals surface area contributed by atoms with Crippen molar-refractivity contribution in [2.24, 2.45) is 0 Å². The standard InChI is InChI=1S/C13H28N2/c1-5-7-11(3)15-9-8-13(14-6-2)10-12(15)4/h11-14H,5-10H2,1-4H3. The van der Waals surface area contributed by atoms with Crippen molar-refractivity contribution < 1.29 is 0 Å². The van der Waals surface area contributed by atoms with E-state index in [0.29, 0.717) is 0 Å². The fraction of sp³-hybridized carbons (Fsp3) is 1.00. The van der Waals surface area contributed by atoms with E-state index in [2.05, 4.69) is 37.9 Å². The van der Waals surface area contributed by atoms with E-state index in [9.17, 15) is 0 Å². The monoisotopic (exact) mass is 212 g/mol. The van der Waals surface area contributed by atoms with E-state index in [-0.39, 0.29) is 0 Å². The molecule has 0 aromatic heterocycles. The van der Waals surface area contributed by atoms with Crippen molar-refractivity contribution in [1.82, 2.24) is 10.2 Å². The second-order valence-electron chi connectivity index (χ2n) is 5.00. The fourth-order valence-corrected chi connectivity index (χ4v) is 2.90. The van der Waals surface area contributed by atoms with Crippen LogP contribution in [0.4, 0.5) is 0 Å². The molecule has 1 N–H and O–H groups in total. The Kier molecular flexibility index (Phi) is 5.62. The predicted molar refractivity (Wildman–Crippen MR) is 67.2 cm³/mol. The summed E-state index contributed by atoms with van der Waals surface area (Å²) in [6, 6.07) is 2.28. The molecule has 0 aromatic rings. The first kappa shape index (κ1) is 13.0. The highest BCUT2D eigenvalue weighted by Gasteiger charge is 2.27. The molecule has 0 radical (unpaired) electrons. The molecule has 1 saturated heterocycles. The lowest BCUT2D eigenvalue weighted by Crippen LogP contribution is -2.50. The second-order valence-corrected chi connectivity index (χ2v) is 5.00. The Labute approximate surface area is 95.4 Å². The van der Waals surface area contributed by atoms with Gasteiger partial charge in [-0.1, -0.05) is 20.3 Å². The molecule has 2 nitrogen and oxygen atoms in total. The van der Waals surface area contributed by atoms with Crippen molar-refractivity contribution in [2.45, 2.75) is 71.5 Å². The topological polar surface area (TPSA) is 15.3 Å². The van der Waals surface area contributed by atoms with Gasteiger partial charge >= 0.3 is 0 Å². The van der Waals surface area contributed by atoms with Crippen LogP contribution >= 0.6 is 0 Å². The minimum atomic E-state index is 0.754. The van der Waals surface area contributed by atoms with Gasteiger partial charge in [0.2, 0.25) is 0 Å². The summed E-state index contributed by atoms with van der Waals surface area (Å²) in [6.07, 6.45) is 5.30. The van der Waals surface area contributed by atoms with Gasteiger partial charge in [-0.05, 0) is 39.7 Å². The Balaban J connectivity index is 2.37. The van der Waals surface area contributed by atoms with Gasteiger partial charge in [-0.15, -0.1) is 0 Å². The zero-order valence-electron chi connectivity index (χ0n) is 10.9. The molecule has 0 spiro atoms. The number of nitrogens with one attached hydrogen (secondary N) is 1. The lowest BCUT2D eigenvalue weighted by Gasteiger charge is -2.41. The second kappa shape index (κ2) is 6.49. The summed E-state index contributed by atoms with van der Waals surface area (Å²) in [5.74, 6) is 0. The quantitative estimate of drug-likeness (QED) is 0.753. The van der Waals surface area contributed by atoms with Crippen molar-refractivity contribution >= 4 is 0 Å². The Morgan fingerprint density at radius 3 is 2.67 bits per heavy atom. The van der Waals surface area contributed by atoms with Crippen LogP contribution in [0, 0.1) is 0 Å². The van der Waals surface area contributed by atoms with E-state index in [1.165, 1.54) is 32.2 Å². The zero-order valence-corrected chi connectivity index (χ0v) is 10.9. The molecule has 1 fully saturated rings. The van der Waals surface area contributed by atoms with Crippen molar-refractivity contribution in [3.63, 3.8) is 0 Å². The summed E-state index contributed by atoms with van der Waals surface area (Å²) in [6.45, 7) is 11.6. The van der Waals surface area contributed by atoms with Crippen LogP contribution < -0.4 is 5.32 Å². The normalized spacial score (nSPS) is 30.4. The number of hydrogen-bond donors (Lipinski definition) is 1. The van der Waals surface area contributed by atoms with E-state index < -0.39 is 0 Å². The van der Waals surface area contributed by atoms with Gasteiger partial charge in [0.25, 0.3) is 0 Å². The molecule has 2 heteroatoms. The molecule has 0 amide bonds. The molecule has 0 bridgehead atoms. The average Bonchev–Trinajstić information content (AvgIpc) is 2.18. The van der Waals surface area contributed by atoms with Crippen LogP contribution in [0.25, 0.3) is 0 Å². The molecule has 15 heavy (non-hydrogen) atoms. The van der Waals surface area contributed by atoms with Crippen molar-refractivity contribution in [1.29, 1.82) is 0 Å². The minimum Gasteiger partial charge on any atom is -0.314 e. The zero-order chi connectivity index (χ0) is 11.3. The summed E-state index contributed by atoms with van der Waals surface area (Å²) < 4.78 is 0. The summed E-state index contributed by atoms with van der Waals surface area (Å²) in [4.78, 5) is 2.69. The van der Waals surface area contributed by atoms with Gasteiger partial charge < -0.3 is 5.32 Å². The first-order chi connectivity index (χ1) is 7.19. The van der Waals surface area contributed by atoms with E-state index in [4.69, 9.17) is 0 Å². The molecule has 3 atom stereocenters. The third-order valence-corrected chi connectivity index (χ3v) is 3.69. The average molecular weight is 212 g/mol. The van der Waals surface area contributed by atoms with E-state index >= 15 is 0 Å². The van der Waals surface area contributed by atoms with Gasteiger partial charge in [0.1, 0.15) is 0 Å². The van der Waals surface area contributed by atoms with Crippen molar-refractivity contribution in [3.8, 4) is 0 Å². The van der Waals surface area contributed by atoms with Crippen LogP contribution in [0.15, 0.2) is 0 Å². The van der Waals surface area contributed by atoms with Crippen molar-refractivity contribution in [2.75, 3.05) is 13.1 Å². The Morgan fingerprint density at radius 1 is 1.40 bits per heavy atom. The van der Waals surface area contributed by atoms with Crippen LogP contribution in [0.5, 0.6) is 0 Å². The van der Waals surface area contributed by atoms with Crippen LogP contribution in [-0.4, -0.2) is 36.1 Å². The predicted octanol–water partition coefficient (Wildman–Crippen LogP) is 2.64. The van der Waals surface area contributed by atoms with Gasteiger partial charge in [-0.2, -0.15) is 0 Å². The number of piperidine rings is 1. The van der Waals surface area contributed by atoms with Gasteiger partial charge in [-0.3, -0.25) is 4.90 Å². The molecule has 0 aliphatic carbocycles. The van der Waals surface area contributed by atoms with E-state index in [0.717, 1.165) is 24.7 Å². The van der Waals surface area contributed by atoms with Gasteiger partial charge in [0.15, 0.2) is 0 Å². The first-order valence-corrected chi connectivity index (χ1v) is 6.68. The summed E-state index contributed by atoms with van der Waals surface area (Å²) >= 11 is 0. The maximum Gasteiger partial charge on any atom is 0.00939 e. The lowest BCUT2D eigenvalue weighted by atomic mass is 9.95. The molecule has 0 saturated carbocycles. The molecular formula is C13H28N2. The molecule has 1 aliphatic heterocycles. The summed E-state index contributed by atoms with van der Waals surface area (Å²) in [7, 11) is 0. The van der Waals surface area contributed by atoms with Crippen molar-refractivity contribution in [3.05, 3.63) is 0 Å². The Bertz CT molecular complexity index is 170. The van der Waals surface area contributed by atoms with Gasteiger partial charge in [0.05, 0.1) is 0 Å². The molecule has 1 aliphatic rings. The Hall–Kier alpha value is -0.0800. The molecule has 1 rings (SSSR count).